The Balaban J connectivity index is 2.10. The molecule has 1 heterocycles. The van der Waals surface area contributed by atoms with Crippen LogP contribution in [-0.2, 0) is 12.6 Å². The van der Waals surface area contributed by atoms with Gasteiger partial charge in [-0.05, 0) is 35.7 Å². The molecule has 2 aromatic rings. The van der Waals surface area contributed by atoms with E-state index in [4.69, 9.17) is 4.74 Å². The van der Waals surface area contributed by atoms with Gasteiger partial charge in [0.2, 0.25) is 0 Å². The number of nitrogens with zero attached hydrogens (tertiary/aromatic N) is 1. The first-order valence-electron chi connectivity index (χ1n) is 6.32. The standard InChI is InChI=1S/C16H14F3NO/c1-21-14-9-7-12(8-10-14)4-2-5-13-6-3-11-20-15(13)16(17,18)19/h2-4,6-11H,5H2,1H3. The highest BCUT2D eigenvalue weighted by Crippen LogP contribution is 2.30. The lowest BCUT2D eigenvalue weighted by Gasteiger charge is -2.09. The average molecular weight is 293 g/mol. The molecule has 0 bridgehead atoms. The summed E-state index contributed by atoms with van der Waals surface area (Å²) in [5.74, 6) is 0.735. The molecule has 1 aromatic heterocycles. The minimum atomic E-state index is -4.43. The van der Waals surface area contributed by atoms with Gasteiger partial charge in [0.25, 0.3) is 0 Å². The van der Waals surface area contributed by atoms with Gasteiger partial charge in [-0.15, -0.1) is 0 Å². The number of benzene rings is 1. The molecular formula is C16H14F3NO. The zero-order chi connectivity index (χ0) is 15.3. The molecule has 0 unspecified atom stereocenters. The lowest BCUT2D eigenvalue weighted by Crippen LogP contribution is -2.11. The SMILES string of the molecule is COc1ccc(C=CCc2cccnc2C(F)(F)F)cc1. The van der Waals surface area contributed by atoms with Crippen LogP contribution >= 0.6 is 0 Å². The highest BCUT2D eigenvalue weighted by atomic mass is 19.4. The van der Waals surface area contributed by atoms with Gasteiger partial charge in [0, 0.05) is 6.20 Å². The lowest BCUT2D eigenvalue weighted by atomic mass is 10.1. The van der Waals surface area contributed by atoms with E-state index in [0.717, 1.165) is 17.5 Å². The second kappa shape index (κ2) is 6.43. The Hall–Kier alpha value is -2.30. The second-order valence-corrected chi connectivity index (χ2v) is 4.39. The molecule has 2 rings (SSSR count). The summed E-state index contributed by atoms with van der Waals surface area (Å²) in [5, 5.41) is 0. The quantitative estimate of drug-likeness (QED) is 0.835. The van der Waals surface area contributed by atoms with E-state index < -0.39 is 11.9 Å². The van der Waals surface area contributed by atoms with E-state index >= 15 is 0 Å². The molecule has 21 heavy (non-hydrogen) atoms. The number of hydrogen-bond donors (Lipinski definition) is 0. The molecule has 0 atom stereocenters. The van der Waals surface area contributed by atoms with Gasteiger partial charge in [-0.2, -0.15) is 13.2 Å². The molecule has 0 saturated carbocycles. The van der Waals surface area contributed by atoms with Crippen LogP contribution in [0.2, 0.25) is 0 Å². The largest absolute Gasteiger partial charge is 0.497 e. The number of halogens is 3. The third-order valence-electron chi connectivity index (χ3n) is 2.92. The van der Waals surface area contributed by atoms with Gasteiger partial charge in [0.1, 0.15) is 11.4 Å². The Kier molecular flexibility index (Phi) is 4.62. The summed E-state index contributed by atoms with van der Waals surface area (Å²) in [4.78, 5) is 3.42. The molecule has 0 aliphatic rings. The Morgan fingerprint density at radius 3 is 2.48 bits per heavy atom. The van der Waals surface area contributed by atoms with Crippen LogP contribution in [0.4, 0.5) is 13.2 Å². The molecule has 2 nitrogen and oxygen atoms in total. The van der Waals surface area contributed by atoms with Crippen molar-refractivity contribution in [1.82, 2.24) is 4.98 Å². The van der Waals surface area contributed by atoms with Crippen LogP contribution in [0.1, 0.15) is 16.8 Å². The Bertz CT molecular complexity index is 618. The molecule has 0 amide bonds. The maximum atomic E-state index is 12.8. The Labute approximate surface area is 120 Å². The first kappa shape index (κ1) is 15.1. The van der Waals surface area contributed by atoms with E-state index in [9.17, 15) is 13.2 Å². The lowest BCUT2D eigenvalue weighted by molar-refractivity contribution is -0.141. The molecule has 0 spiro atoms. The van der Waals surface area contributed by atoms with Gasteiger partial charge in [0.15, 0.2) is 0 Å². The molecule has 0 aliphatic carbocycles. The van der Waals surface area contributed by atoms with Gasteiger partial charge < -0.3 is 4.74 Å². The summed E-state index contributed by atoms with van der Waals surface area (Å²) in [7, 11) is 1.58. The van der Waals surface area contributed by atoms with Gasteiger partial charge in [-0.1, -0.05) is 30.4 Å². The normalized spacial score (nSPS) is 11.8. The minimum absolute atomic E-state index is 0.162. The summed E-state index contributed by atoms with van der Waals surface area (Å²) in [5.41, 5.74) is 0.229. The van der Waals surface area contributed by atoms with Gasteiger partial charge in [0.05, 0.1) is 7.11 Å². The first-order chi connectivity index (χ1) is 10.0. The average Bonchev–Trinajstić information content (AvgIpc) is 2.47. The van der Waals surface area contributed by atoms with Crippen molar-refractivity contribution in [3.05, 3.63) is 65.5 Å². The molecule has 0 fully saturated rings. The summed E-state index contributed by atoms with van der Waals surface area (Å²) < 4.78 is 43.4. The monoisotopic (exact) mass is 293 g/mol. The van der Waals surface area contributed by atoms with Crippen LogP contribution in [0.25, 0.3) is 6.08 Å². The van der Waals surface area contributed by atoms with Crippen molar-refractivity contribution in [3.8, 4) is 5.75 Å². The number of methoxy groups -OCH3 is 1. The van der Waals surface area contributed by atoms with Crippen LogP contribution in [0, 0.1) is 0 Å². The van der Waals surface area contributed by atoms with E-state index in [1.807, 2.05) is 12.1 Å². The highest BCUT2D eigenvalue weighted by Gasteiger charge is 2.34. The van der Waals surface area contributed by atoms with Crippen LogP contribution < -0.4 is 4.74 Å². The third-order valence-corrected chi connectivity index (χ3v) is 2.92. The number of pyridine rings is 1. The fourth-order valence-electron chi connectivity index (χ4n) is 1.90. The van der Waals surface area contributed by atoms with E-state index in [-0.39, 0.29) is 12.0 Å². The number of allylic oxidation sites excluding steroid dienone is 1. The van der Waals surface area contributed by atoms with E-state index in [0.29, 0.717) is 0 Å². The van der Waals surface area contributed by atoms with E-state index in [2.05, 4.69) is 4.98 Å². The smallest absolute Gasteiger partial charge is 0.433 e. The van der Waals surface area contributed by atoms with Crippen molar-refractivity contribution in [2.45, 2.75) is 12.6 Å². The molecule has 0 radical (unpaired) electrons. The summed E-state index contributed by atoms with van der Waals surface area (Å²) in [6.07, 6.45) is 0.361. The number of aromatic nitrogens is 1. The zero-order valence-electron chi connectivity index (χ0n) is 11.4. The molecule has 0 N–H and O–H groups in total. The fraction of sp³-hybridized carbons (Fsp3) is 0.188. The number of hydrogen-bond acceptors (Lipinski definition) is 2. The van der Waals surface area contributed by atoms with Gasteiger partial charge in [-0.25, -0.2) is 0 Å². The van der Waals surface area contributed by atoms with Gasteiger partial charge in [-0.3, -0.25) is 4.98 Å². The van der Waals surface area contributed by atoms with Crippen LogP contribution in [-0.4, -0.2) is 12.1 Å². The van der Waals surface area contributed by atoms with Crippen molar-refractivity contribution in [2.75, 3.05) is 7.11 Å². The number of rotatable bonds is 4. The van der Waals surface area contributed by atoms with Crippen LogP contribution in [0.5, 0.6) is 5.75 Å². The molecule has 110 valence electrons. The molecular weight excluding hydrogens is 279 g/mol. The summed E-state index contributed by atoms with van der Waals surface area (Å²) in [6.45, 7) is 0. The third kappa shape index (κ3) is 4.08. The van der Waals surface area contributed by atoms with Crippen molar-refractivity contribution in [3.63, 3.8) is 0 Å². The molecule has 0 aliphatic heterocycles. The zero-order valence-corrected chi connectivity index (χ0v) is 11.4. The minimum Gasteiger partial charge on any atom is -0.497 e. The fourth-order valence-corrected chi connectivity index (χ4v) is 1.90. The van der Waals surface area contributed by atoms with Crippen LogP contribution in [0.3, 0.4) is 0 Å². The molecule has 5 heteroatoms. The number of alkyl halides is 3. The van der Waals surface area contributed by atoms with Crippen LogP contribution in [0.15, 0.2) is 48.7 Å². The maximum Gasteiger partial charge on any atom is 0.433 e. The van der Waals surface area contributed by atoms with Crippen molar-refractivity contribution < 1.29 is 17.9 Å². The van der Waals surface area contributed by atoms with E-state index in [1.165, 1.54) is 12.1 Å². The second-order valence-electron chi connectivity index (χ2n) is 4.39. The van der Waals surface area contributed by atoms with Gasteiger partial charge >= 0.3 is 6.18 Å². The van der Waals surface area contributed by atoms with Crippen molar-refractivity contribution in [1.29, 1.82) is 0 Å². The topological polar surface area (TPSA) is 22.1 Å². The molecule has 1 aromatic carbocycles. The Morgan fingerprint density at radius 2 is 1.86 bits per heavy atom. The maximum absolute atomic E-state index is 12.8. The predicted octanol–water partition coefficient (Wildman–Crippen LogP) is 4.36. The highest BCUT2D eigenvalue weighted by molar-refractivity contribution is 5.51. The predicted molar refractivity (Wildman–Crippen MR) is 75.0 cm³/mol. The number of ether oxygens (including phenoxy) is 1. The first-order valence-corrected chi connectivity index (χ1v) is 6.32. The van der Waals surface area contributed by atoms with E-state index in [1.54, 1.807) is 31.4 Å². The molecule has 0 saturated heterocycles. The van der Waals surface area contributed by atoms with Crippen molar-refractivity contribution in [2.24, 2.45) is 0 Å². The summed E-state index contributed by atoms with van der Waals surface area (Å²) in [6, 6.07) is 10.2. The van der Waals surface area contributed by atoms with Crippen molar-refractivity contribution >= 4 is 6.08 Å². The summed E-state index contributed by atoms with van der Waals surface area (Å²) >= 11 is 0. The Morgan fingerprint density at radius 1 is 1.14 bits per heavy atom.